The van der Waals surface area contributed by atoms with Crippen LogP contribution >= 0.6 is 12.4 Å². The normalized spacial score (nSPS) is 18.0. The first-order valence-corrected chi connectivity index (χ1v) is 9.31. The van der Waals surface area contributed by atoms with Gasteiger partial charge in [0.05, 0.1) is 7.11 Å². The second-order valence-corrected chi connectivity index (χ2v) is 6.74. The third-order valence-corrected chi connectivity index (χ3v) is 5.11. The Morgan fingerprint density at radius 2 is 1.59 bits per heavy atom. The van der Waals surface area contributed by atoms with Crippen molar-refractivity contribution >= 4 is 24.2 Å². The Labute approximate surface area is 167 Å². The lowest BCUT2D eigenvalue weighted by atomic mass is 10.1. The molecule has 27 heavy (non-hydrogen) atoms. The standard InChI is InChI=1S/C19H28N4O3.ClH/c1-26-17-4-2-16(3-5-17)19(25)23-14-12-21(13-15-23)9-6-18(24)22-10-7-20-8-11-22;/h2-5,20H,6-15H2,1H3;1H. The zero-order valence-corrected chi connectivity index (χ0v) is 16.7. The van der Waals surface area contributed by atoms with Gasteiger partial charge < -0.3 is 19.9 Å². The number of halogens is 1. The fraction of sp³-hybridized carbons (Fsp3) is 0.579. The Morgan fingerprint density at radius 3 is 2.19 bits per heavy atom. The molecule has 0 unspecified atom stereocenters. The monoisotopic (exact) mass is 396 g/mol. The zero-order chi connectivity index (χ0) is 18.4. The molecule has 0 atom stereocenters. The fourth-order valence-corrected chi connectivity index (χ4v) is 3.42. The number of carbonyl (C=O) groups excluding carboxylic acids is 2. The van der Waals surface area contributed by atoms with E-state index in [9.17, 15) is 9.59 Å². The average molecular weight is 397 g/mol. The summed E-state index contributed by atoms with van der Waals surface area (Å²) >= 11 is 0. The summed E-state index contributed by atoms with van der Waals surface area (Å²) in [7, 11) is 1.61. The van der Waals surface area contributed by atoms with E-state index in [1.807, 2.05) is 21.9 Å². The summed E-state index contributed by atoms with van der Waals surface area (Å²) in [6.45, 7) is 7.20. The summed E-state index contributed by atoms with van der Waals surface area (Å²) in [5, 5.41) is 3.26. The van der Waals surface area contributed by atoms with Crippen LogP contribution < -0.4 is 10.1 Å². The van der Waals surface area contributed by atoms with Gasteiger partial charge in [-0.3, -0.25) is 14.5 Å². The van der Waals surface area contributed by atoms with Crippen molar-refractivity contribution in [3.8, 4) is 5.75 Å². The van der Waals surface area contributed by atoms with E-state index in [1.165, 1.54) is 0 Å². The van der Waals surface area contributed by atoms with Gasteiger partial charge in [-0.1, -0.05) is 0 Å². The molecule has 2 aliphatic heterocycles. The van der Waals surface area contributed by atoms with Gasteiger partial charge in [0.25, 0.3) is 5.91 Å². The van der Waals surface area contributed by atoms with Crippen molar-refractivity contribution in [2.75, 3.05) is 66.0 Å². The molecular formula is C19H29ClN4O3. The predicted octanol–water partition coefficient (Wildman–Crippen LogP) is 0.697. The number of methoxy groups -OCH3 is 1. The second kappa shape index (κ2) is 10.5. The maximum atomic E-state index is 12.6. The highest BCUT2D eigenvalue weighted by Crippen LogP contribution is 2.14. The summed E-state index contributed by atoms with van der Waals surface area (Å²) in [6.07, 6.45) is 0.562. The number of nitrogens with one attached hydrogen (secondary N) is 1. The predicted molar refractivity (Wildman–Crippen MR) is 107 cm³/mol. The van der Waals surface area contributed by atoms with Gasteiger partial charge in [0, 0.05) is 70.9 Å². The van der Waals surface area contributed by atoms with Gasteiger partial charge in [-0.2, -0.15) is 0 Å². The first-order chi connectivity index (χ1) is 12.7. The molecule has 1 aromatic carbocycles. The van der Waals surface area contributed by atoms with Crippen LogP contribution in [0.25, 0.3) is 0 Å². The maximum absolute atomic E-state index is 12.6. The number of ether oxygens (including phenoxy) is 1. The van der Waals surface area contributed by atoms with Crippen molar-refractivity contribution in [3.05, 3.63) is 29.8 Å². The van der Waals surface area contributed by atoms with Crippen LogP contribution in [0, 0.1) is 0 Å². The number of hydrogen-bond acceptors (Lipinski definition) is 5. The molecule has 0 radical (unpaired) electrons. The third-order valence-electron chi connectivity index (χ3n) is 5.11. The van der Waals surface area contributed by atoms with E-state index in [1.54, 1.807) is 19.2 Å². The summed E-state index contributed by atoms with van der Waals surface area (Å²) in [5.74, 6) is 1.05. The summed E-state index contributed by atoms with van der Waals surface area (Å²) in [4.78, 5) is 30.9. The lowest BCUT2D eigenvalue weighted by molar-refractivity contribution is -0.132. The SMILES string of the molecule is COc1ccc(C(=O)N2CCN(CCC(=O)N3CCNCC3)CC2)cc1.Cl. The Morgan fingerprint density at radius 1 is 0.963 bits per heavy atom. The molecule has 2 aliphatic rings. The molecule has 0 aliphatic carbocycles. The molecule has 2 saturated heterocycles. The van der Waals surface area contributed by atoms with Crippen molar-refractivity contribution in [2.45, 2.75) is 6.42 Å². The number of amides is 2. The minimum Gasteiger partial charge on any atom is -0.497 e. The van der Waals surface area contributed by atoms with Crippen LogP contribution in [-0.4, -0.2) is 92.5 Å². The van der Waals surface area contributed by atoms with E-state index in [2.05, 4.69) is 10.2 Å². The van der Waals surface area contributed by atoms with Crippen LogP contribution in [-0.2, 0) is 4.79 Å². The van der Waals surface area contributed by atoms with E-state index >= 15 is 0 Å². The Balaban J connectivity index is 0.00000261. The largest absolute Gasteiger partial charge is 0.497 e. The van der Waals surface area contributed by atoms with Crippen molar-refractivity contribution in [1.29, 1.82) is 0 Å². The summed E-state index contributed by atoms with van der Waals surface area (Å²) in [5.41, 5.74) is 0.688. The van der Waals surface area contributed by atoms with Crippen LogP contribution in [0.4, 0.5) is 0 Å². The molecule has 2 heterocycles. The highest BCUT2D eigenvalue weighted by atomic mass is 35.5. The molecule has 2 amide bonds. The van der Waals surface area contributed by atoms with Crippen LogP contribution in [0.5, 0.6) is 5.75 Å². The Hall–Kier alpha value is -1.83. The summed E-state index contributed by atoms with van der Waals surface area (Å²) < 4.78 is 5.13. The molecule has 0 spiro atoms. The van der Waals surface area contributed by atoms with Gasteiger partial charge in [0.15, 0.2) is 0 Å². The number of piperazine rings is 2. The van der Waals surface area contributed by atoms with E-state index in [0.717, 1.165) is 51.6 Å². The molecule has 0 saturated carbocycles. The highest BCUT2D eigenvalue weighted by molar-refractivity contribution is 5.94. The minimum absolute atomic E-state index is 0. The third kappa shape index (κ3) is 5.82. The van der Waals surface area contributed by atoms with Gasteiger partial charge in [-0.15, -0.1) is 12.4 Å². The first kappa shape index (κ1) is 21.5. The number of nitrogens with zero attached hydrogens (tertiary/aromatic N) is 3. The molecule has 8 heteroatoms. The van der Waals surface area contributed by atoms with Crippen LogP contribution in [0.15, 0.2) is 24.3 Å². The average Bonchev–Trinajstić information content (AvgIpc) is 2.72. The molecule has 0 bridgehead atoms. The van der Waals surface area contributed by atoms with Gasteiger partial charge >= 0.3 is 0 Å². The van der Waals surface area contributed by atoms with Gasteiger partial charge in [-0.25, -0.2) is 0 Å². The molecule has 2 fully saturated rings. The first-order valence-electron chi connectivity index (χ1n) is 9.31. The van der Waals surface area contributed by atoms with Crippen molar-refractivity contribution in [1.82, 2.24) is 20.0 Å². The molecular weight excluding hydrogens is 368 g/mol. The Kier molecular flexibility index (Phi) is 8.34. The molecule has 0 aromatic heterocycles. The van der Waals surface area contributed by atoms with Crippen LogP contribution in [0.1, 0.15) is 16.8 Å². The molecule has 3 rings (SSSR count). The van der Waals surface area contributed by atoms with E-state index in [-0.39, 0.29) is 24.2 Å². The lowest BCUT2D eigenvalue weighted by Gasteiger charge is -2.35. The number of rotatable bonds is 5. The molecule has 1 N–H and O–H groups in total. The van der Waals surface area contributed by atoms with E-state index in [4.69, 9.17) is 4.74 Å². The summed E-state index contributed by atoms with van der Waals surface area (Å²) in [6, 6.07) is 7.23. The van der Waals surface area contributed by atoms with Crippen molar-refractivity contribution < 1.29 is 14.3 Å². The number of benzene rings is 1. The smallest absolute Gasteiger partial charge is 0.253 e. The molecule has 7 nitrogen and oxygen atoms in total. The quantitative estimate of drug-likeness (QED) is 0.793. The van der Waals surface area contributed by atoms with Crippen molar-refractivity contribution in [2.24, 2.45) is 0 Å². The van der Waals surface area contributed by atoms with Gasteiger partial charge in [0.1, 0.15) is 5.75 Å². The zero-order valence-electron chi connectivity index (χ0n) is 15.9. The molecule has 150 valence electrons. The van der Waals surface area contributed by atoms with E-state index in [0.29, 0.717) is 25.1 Å². The lowest BCUT2D eigenvalue weighted by Crippen LogP contribution is -2.50. The van der Waals surface area contributed by atoms with Crippen molar-refractivity contribution in [3.63, 3.8) is 0 Å². The topological polar surface area (TPSA) is 65.1 Å². The number of hydrogen-bond donors (Lipinski definition) is 1. The van der Waals surface area contributed by atoms with Gasteiger partial charge in [-0.05, 0) is 24.3 Å². The van der Waals surface area contributed by atoms with E-state index < -0.39 is 0 Å². The highest BCUT2D eigenvalue weighted by Gasteiger charge is 2.23. The second-order valence-electron chi connectivity index (χ2n) is 6.74. The van der Waals surface area contributed by atoms with Crippen LogP contribution in [0.3, 0.4) is 0 Å². The maximum Gasteiger partial charge on any atom is 0.253 e. The Bertz CT molecular complexity index is 612. The number of carbonyl (C=O) groups is 2. The molecule has 1 aromatic rings. The minimum atomic E-state index is 0. The van der Waals surface area contributed by atoms with Crippen LogP contribution in [0.2, 0.25) is 0 Å². The van der Waals surface area contributed by atoms with Gasteiger partial charge in [0.2, 0.25) is 5.91 Å². The fourth-order valence-electron chi connectivity index (χ4n) is 3.42.